The third-order valence-electron chi connectivity index (χ3n) is 6.46. The van der Waals surface area contributed by atoms with E-state index in [-0.39, 0.29) is 36.2 Å². The van der Waals surface area contributed by atoms with Crippen LogP contribution in [0.2, 0.25) is 0 Å². The topological polar surface area (TPSA) is 29.5 Å². The third kappa shape index (κ3) is 4.42. The van der Waals surface area contributed by atoms with Crippen molar-refractivity contribution >= 4 is 33.8 Å². The molecule has 0 N–H and O–H groups in total. The summed E-state index contributed by atoms with van der Waals surface area (Å²) in [5.41, 5.74) is 1.15. The van der Waals surface area contributed by atoms with Crippen LogP contribution in [-0.4, -0.2) is 42.4 Å². The number of carbonyl (C=O) groups excluding carboxylic acids is 1. The minimum Gasteiger partial charge on any atom is -1.00 e. The number of rotatable bonds is 6. The Morgan fingerprint density at radius 1 is 1.25 bits per heavy atom. The molecule has 0 radical (unpaired) electrons. The zero-order valence-corrected chi connectivity index (χ0v) is 20.3. The normalized spacial score (nSPS) is 28.6. The Morgan fingerprint density at radius 3 is 2.57 bits per heavy atom. The van der Waals surface area contributed by atoms with Crippen molar-refractivity contribution in [2.45, 2.75) is 63.8 Å². The number of thiophene rings is 2. The molecule has 2 aromatic heterocycles. The largest absolute Gasteiger partial charge is 1.00 e. The van der Waals surface area contributed by atoms with Crippen LogP contribution in [0.5, 0.6) is 0 Å². The fraction of sp³-hybridized carbons (Fsp3) is 0.571. The van der Waals surface area contributed by atoms with Crippen LogP contribution in [0.3, 0.4) is 0 Å². The Morgan fingerprint density at radius 2 is 2.00 bits per heavy atom. The molecule has 2 bridgehead atoms. The van der Waals surface area contributed by atoms with E-state index in [4.69, 9.17) is 4.74 Å². The number of hydrogen-bond acceptors (Lipinski definition) is 4. The Balaban J connectivity index is 0.00000225. The quantitative estimate of drug-likeness (QED) is 0.423. The van der Waals surface area contributed by atoms with Crippen LogP contribution in [-0.2, 0) is 11.3 Å². The van der Waals surface area contributed by atoms with Gasteiger partial charge in [0.05, 0.1) is 32.2 Å². The summed E-state index contributed by atoms with van der Waals surface area (Å²) in [5, 5.41) is 7.12. The molecule has 0 saturated carbocycles. The number of ether oxygens (including phenoxy) is 1. The summed E-state index contributed by atoms with van der Waals surface area (Å²) in [7, 11) is 2.42. The molecule has 1 amide bonds. The van der Waals surface area contributed by atoms with Gasteiger partial charge < -0.3 is 33.2 Å². The average Bonchev–Trinajstić information content (AvgIpc) is 3.36. The Labute approximate surface area is 193 Å². The summed E-state index contributed by atoms with van der Waals surface area (Å²) in [6.07, 6.45) is 5.66. The molecule has 4 heterocycles. The van der Waals surface area contributed by atoms with E-state index in [9.17, 15) is 4.79 Å². The molecule has 0 spiro atoms. The van der Waals surface area contributed by atoms with E-state index < -0.39 is 0 Å². The highest BCUT2D eigenvalue weighted by Crippen LogP contribution is 2.42. The molecule has 0 aromatic carbocycles. The zero-order valence-electron chi connectivity index (χ0n) is 16.6. The van der Waals surface area contributed by atoms with Gasteiger partial charge in [0, 0.05) is 25.7 Å². The predicted molar refractivity (Wildman–Crippen MR) is 112 cm³/mol. The Hall–Kier alpha value is -0.640. The maximum atomic E-state index is 13.1. The number of quaternary nitrogens is 1. The highest BCUT2D eigenvalue weighted by atomic mass is 127. The first-order valence-electron chi connectivity index (χ1n) is 9.97. The summed E-state index contributed by atoms with van der Waals surface area (Å²) >= 11 is 3.25. The lowest BCUT2D eigenvalue weighted by Gasteiger charge is -2.46. The second-order valence-electron chi connectivity index (χ2n) is 8.10. The van der Waals surface area contributed by atoms with Gasteiger partial charge in [0.15, 0.2) is 0 Å². The molecule has 2 aromatic rings. The summed E-state index contributed by atoms with van der Waals surface area (Å²) in [6.45, 7) is 4.10. The van der Waals surface area contributed by atoms with Gasteiger partial charge >= 0.3 is 6.09 Å². The molecule has 28 heavy (non-hydrogen) atoms. The molecular formula is C21H29IN2O2S2. The number of fused-ring (bicyclic) bond motifs is 2. The van der Waals surface area contributed by atoms with E-state index in [1.807, 2.05) is 17.5 Å². The van der Waals surface area contributed by atoms with Crippen LogP contribution >= 0.6 is 22.7 Å². The lowest BCUT2D eigenvalue weighted by Crippen LogP contribution is -3.00. The first kappa shape index (κ1) is 22.1. The van der Waals surface area contributed by atoms with Crippen LogP contribution in [0, 0.1) is 0 Å². The van der Waals surface area contributed by atoms with Gasteiger partial charge in [-0.2, -0.15) is 11.3 Å². The smallest absolute Gasteiger partial charge is 0.415 e. The van der Waals surface area contributed by atoms with E-state index in [0.717, 1.165) is 23.4 Å². The SMILES string of the molecule is CCC[N+]1(C)[C@@H]2CC[C@H]1C[C@@H](OC(=O)N(Cc1ccsc1)c1cccs1)C2.[I-]. The number of anilines is 1. The highest BCUT2D eigenvalue weighted by Gasteiger charge is 2.52. The number of nitrogens with zero attached hydrogens (tertiary/aromatic N) is 2. The van der Waals surface area contributed by atoms with Gasteiger partial charge in [-0.15, -0.1) is 11.3 Å². The minimum atomic E-state index is -0.195. The lowest BCUT2D eigenvalue weighted by atomic mass is 9.96. The maximum absolute atomic E-state index is 13.1. The molecule has 2 aliphatic heterocycles. The van der Waals surface area contributed by atoms with Crippen molar-refractivity contribution in [1.82, 2.24) is 0 Å². The van der Waals surface area contributed by atoms with E-state index in [2.05, 4.69) is 30.8 Å². The highest BCUT2D eigenvalue weighted by molar-refractivity contribution is 7.14. The summed E-state index contributed by atoms with van der Waals surface area (Å²) in [4.78, 5) is 14.9. The van der Waals surface area contributed by atoms with Crippen LogP contribution in [0.1, 0.15) is 44.6 Å². The van der Waals surface area contributed by atoms with Gasteiger partial charge in [-0.05, 0) is 46.3 Å². The van der Waals surface area contributed by atoms with Gasteiger partial charge in [0.25, 0.3) is 0 Å². The standard InChI is InChI=1S/C21H29N2O2S2.HI/c1-3-9-23(2)17-6-7-18(23)13-19(12-17)25-21(24)22(20-5-4-10-27-20)14-16-8-11-26-15-16;/h4-5,8,10-11,15,17-19H,3,6-7,9,12-14H2,1-2H3;1H/q+1;/p-1/t17-,18+,19+,23?;. The minimum absolute atomic E-state index is 0. The third-order valence-corrected chi connectivity index (χ3v) is 8.08. The van der Waals surface area contributed by atoms with E-state index >= 15 is 0 Å². The van der Waals surface area contributed by atoms with Gasteiger partial charge in [-0.3, -0.25) is 4.90 Å². The van der Waals surface area contributed by atoms with E-state index in [0.29, 0.717) is 18.6 Å². The molecule has 4 atom stereocenters. The summed E-state index contributed by atoms with van der Waals surface area (Å²) in [6, 6.07) is 7.36. The Kier molecular flexibility index (Phi) is 7.44. The van der Waals surface area contributed by atoms with Crippen molar-refractivity contribution in [2.24, 2.45) is 0 Å². The maximum Gasteiger partial charge on any atom is 0.415 e. The number of carbonyl (C=O) groups is 1. The molecule has 4 nitrogen and oxygen atoms in total. The molecule has 2 saturated heterocycles. The summed E-state index contributed by atoms with van der Waals surface area (Å²) < 4.78 is 7.25. The number of piperidine rings is 1. The van der Waals surface area contributed by atoms with Crippen LogP contribution in [0.4, 0.5) is 9.80 Å². The molecule has 4 rings (SSSR count). The van der Waals surface area contributed by atoms with E-state index in [1.165, 1.54) is 30.3 Å². The zero-order chi connectivity index (χ0) is 18.9. The van der Waals surface area contributed by atoms with E-state index in [1.54, 1.807) is 27.6 Å². The average molecular weight is 533 g/mol. The fourth-order valence-corrected chi connectivity index (χ4v) is 6.44. The first-order valence-corrected chi connectivity index (χ1v) is 11.8. The molecular weight excluding hydrogens is 503 g/mol. The van der Waals surface area contributed by atoms with Crippen molar-refractivity contribution in [1.29, 1.82) is 0 Å². The number of amides is 1. The first-order chi connectivity index (χ1) is 13.1. The molecule has 2 aliphatic rings. The van der Waals surface area contributed by atoms with Crippen molar-refractivity contribution in [3.05, 3.63) is 39.9 Å². The Bertz CT molecular complexity index is 737. The predicted octanol–water partition coefficient (Wildman–Crippen LogP) is 2.51. The van der Waals surface area contributed by atoms with Crippen LogP contribution in [0.25, 0.3) is 0 Å². The van der Waals surface area contributed by atoms with Crippen molar-refractivity contribution in [3.63, 3.8) is 0 Å². The van der Waals surface area contributed by atoms with Crippen molar-refractivity contribution < 1.29 is 38.0 Å². The van der Waals surface area contributed by atoms with Crippen molar-refractivity contribution in [3.8, 4) is 0 Å². The number of halogens is 1. The molecule has 0 aliphatic carbocycles. The van der Waals surface area contributed by atoms with Gasteiger partial charge in [-0.1, -0.05) is 6.92 Å². The second-order valence-corrected chi connectivity index (χ2v) is 9.81. The monoisotopic (exact) mass is 532 g/mol. The molecule has 154 valence electrons. The van der Waals surface area contributed by atoms with Gasteiger partial charge in [0.2, 0.25) is 0 Å². The molecule has 7 heteroatoms. The number of hydrogen-bond donors (Lipinski definition) is 0. The molecule has 2 fully saturated rings. The summed E-state index contributed by atoms with van der Waals surface area (Å²) in [5.74, 6) is 0. The second kappa shape index (κ2) is 9.45. The van der Waals surface area contributed by atoms with Crippen LogP contribution in [0.15, 0.2) is 34.3 Å². The molecule has 1 unspecified atom stereocenters. The van der Waals surface area contributed by atoms with Crippen LogP contribution < -0.4 is 28.9 Å². The van der Waals surface area contributed by atoms with Crippen molar-refractivity contribution in [2.75, 3.05) is 18.5 Å². The van der Waals surface area contributed by atoms with Gasteiger partial charge in [-0.25, -0.2) is 4.79 Å². The van der Waals surface area contributed by atoms with Gasteiger partial charge in [0.1, 0.15) is 11.1 Å². The fourth-order valence-electron chi connectivity index (χ4n) is 5.06. The lowest BCUT2D eigenvalue weighted by molar-refractivity contribution is -0.949.